The molecular weight excluding hydrogens is 340 g/mol. The van der Waals surface area contributed by atoms with Crippen LogP contribution in [-0.4, -0.2) is 59.4 Å². The van der Waals surface area contributed by atoms with E-state index in [9.17, 15) is 19.5 Å². The highest BCUT2D eigenvalue weighted by atomic mass is 32.1. The molecule has 7 heteroatoms. The zero-order valence-corrected chi connectivity index (χ0v) is 14.9. The molecule has 25 heavy (non-hydrogen) atoms. The summed E-state index contributed by atoms with van der Waals surface area (Å²) in [4.78, 5) is 39.3. The fourth-order valence-corrected chi connectivity index (χ4v) is 3.09. The third kappa shape index (κ3) is 4.90. The summed E-state index contributed by atoms with van der Waals surface area (Å²) >= 11 is 1.30. The van der Waals surface area contributed by atoms with Gasteiger partial charge in [0.2, 0.25) is 5.91 Å². The van der Waals surface area contributed by atoms with Crippen molar-refractivity contribution in [1.82, 2.24) is 9.80 Å². The number of likely N-dealkylation sites (N-methyl/N-ethyl adjacent to an activating group) is 2. The Labute approximate surface area is 150 Å². The van der Waals surface area contributed by atoms with Gasteiger partial charge in [0.1, 0.15) is 6.04 Å². The maximum atomic E-state index is 12.4. The lowest BCUT2D eigenvalue weighted by Gasteiger charge is -2.27. The van der Waals surface area contributed by atoms with Gasteiger partial charge in [-0.1, -0.05) is 36.4 Å². The zero-order valence-electron chi connectivity index (χ0n) is 14.1. The minimum Gasteiger partial charge on any atom is -0.480 e. The quantitative estimate of drug-likeness (QED) is 0.819. The molecule has 0 saturated carbocycles. The van der Waals surface area contributed by atoms with Crippen molar-refractivity contribution in [2.45, 2.75) is 12.5 Å². The van der Waals surface area contributed by atoms with Crippen molar-refractivity contribution in [3.8, 4) is 0 Å². The molecule has 0 radical (unpaired) electrons. The minimum atomic E-state index is -1.08. The van der Waals surface area contributed by atoms with Crippen molar-refractivity contribution < 1.29 is 19.5 Å². The lowest BCUT2D eigenvalue weighted by Crippen LogP contribution is -2.48. The summed E-state index contributed by atoms with van der Waals surface area (Å²) in [6.07, 6.45) is 0.209. The first kappa shape index (κ1) is 18.7. The molecule has 2 amide bonds. The number of nitrogens with zero attached hydrogens (tertiary/aromatic N) is 2. The number of carbonyl (C=O) groups excluding carboxylic acids is 2. The van der Waals surface area contributed by atoms with Crippen molar-refractivity contribution in [3.63, 3.8) is 0 Å². The smallest absolute Gasteiger partial charge is 0.326 e. The standard InChI is InChI=1S/C18H20N2O4S/c1-19(17(22)15-9-6-10-25-15)12-16(21)20(2)14(18(23)24)11-13-7-4-3-5-8-13/h3-10,14H,11-12H2,1-2H3,(H,23,24). The van der Waals surface area contributed by atoms with Crippen LogP contribution in [0.15, 0.2) is 47.8 Å². The fraction of sp³-hybridized carbons (Fsp3) is 0.278. The summed E-state index contributed by atoms with van der Waals surface area (Å²) < 4.78 is 0. The van der Waals surface area contributed by atoms with Crippen LogP contribution >= 0.6 is 11.3 Å². The van der Waals surface area contributed by atoms with Gasteiger partial charge in [-0.15, -0.1) is 11.3 Å². The molecule has 0 spiro atoms. The highest BCUT2D eigenvalue weighted by molar-refractivity contribution is 7.12. The second-order valence-electron chi connectivity index (χ2n) is 5.69. The van der Waals surface area contributed by atoms with Gasteiger partial charge in [-0.25, -0.2) is 4.79 Å². The van der Waals surface area contributed by atoms with Crippen molar-refractivity contribution in [3.05, 3.63) is 58.3 Å². The van der Waals surface area contributed by atoms with Crippen LogP contribution in [-0.2, 0) is 16.0 Å². The third-order valence-electron chi connectivity index (χ3n) is 3.87. The van der Waals surface area contributed by atoms with Crippen LogP contribution in [0, 0.1) is 0 Å². The van der Waals surface area contributed by atoms with Gasteiger partial charge in [0, 0.05) is 20.5 Å². The molecule has 0 aliphatic heterocycles. The molecule has 1 atom stereocenters. The number of benzene rings is 1. The molecule has 1 aromatic carbocycles. The van der Waals surface area contributed by atoms with Gasteiger partial charge in [0.25, 0.3) is 5.91 Å². The van der Waals surface area contributed by atoms with Gasteiger partial charge in [-0.2, -0.15) is 0 Å². The minimum absolute atomic E-state index is 0.175. The summed E-state index contributed by atoms with van der Waals surface area (Å²) in [7, 11) is 2.98. The Morgan fingerprint density at radius 2 is 1.76 bits per heavy atom. The Morgan fingerprint density at radius 1 is 1.08 bits per heavy atom. The predicted molar refractivity (Wildman–Crippen MR) is 95.6 cm³/mol. The molecule has 1 N–H and O–H groups in total. The molecule has 0 bridgehead atoms. The number of carboxylic acids is 1. The van der Waals surface area contributed by atoms with E-state index in [1.807, 2.05) is 30.3 Å². The van der Waals surface area contributed by atoms with Crippen LogP contribution < -0.4 is 0 Å². The van der Waals surface area contributed by atoms with Crippen LogP contribution in [0.4, 0.5) is 0 Å². The molecule has 0 aliphatic rings. The molecule has 6 nitrogen and oxygen atoms in total. The van der Waals surface area contributed by atoms with Gasteiger partial charge < -0.3 is 14.9 Å². The number of rotatable bonds is 7. The molecule has 1 heterocycles. The summed E-state index contributed by atoms with van der Waals surface area (Å²) in [5.41, 5.74) is 0.831. The first-order valence-corrected chi connectivity index (χ1v) is 8.59. The van der Waals surface area contributed by atoms with Crippen molar-refractivity contribution >= 4 is 29.1 Å². The van der Waals surface area contributed by atoms with E-state index in [1.54, 1.807) is 17.5 Å². The van der Waals surface area contributed by atoms with Crippen LogP contribution in [0.5, 0.6) is 0 Å². The van der Waals surface area contributed by atoms with Gasteiger partial charge in [0.15, 0.2) is 0 Å². The monoisotopic (exact) mass is 360 g/mol. The van der Waals surface area contributed by atoms with Crippen LogP contribution in [0.3, 0.4) is 0 Å². The predicted octanol–water partition coefficient (Wildman–Crippen LogP) is 1.97. The van der Waals surface area contributed by atoms with Gasteiger partial charge >= 0.3 is 5.97 Å². The normalized spacial score (nSPS) is 11.6. The Bertz CT molecular complexity index is 731. The first-order valence-electron chi connectivity index (χ1n) is 7.71. The van der Waals surface area contributed by atoms with E-state index in [2.05, 4.69) is 0 Å². The molecule has 132 valence electrons. The average molecular weight is 360 g/mol. The maximum Gasteiger partial charge on any atom is 0.326 e. The summed E-state index contributed by atoms with van der Waals surface area (Å²) in [5, 5.41) is 11.3. The first-order chi connectivity index (χ1) is 11.9. The largest absolute Gasteiger partial charge is 0.480 e. The van der Waals surface area contributed by atoms with Crippen LogP contribution in [0.2, 0.25) is 0 Å². The van der Waals surface area contributed by atoms with Crippen molar-refractivity contribution in [2.24, 2.45) is 0 Å². The molecule has 2 rings (SSSR count). The van der Waals surface area contributed by atoms with E-state index in [4.69, 9.17) is 0 Å². The molecule has 0 saturated heterocycles. The lowest BCUT2D eigenvalue weighted by molar-refractivity contribution is -0.149. The number of hydrogen-bond donors (Lipinski definition) is 1. The SMILES string of the molecule is CN(CC(=O)N(C)C(Cc1ccccc1)C(=O)O)C(=O)c1cccs1. The lowest BCUT2D eigenvalue weighted by atomic mass is 10.0. The van der Waals surface area contributed by atoms with Crippen LogP contribution in [0.1, 0.15) is 15.2 Å². The second-order valence-corrected chi connectivity index (χ2v) is 6.63. The average Bonchev–Trinajstić information content (AvgIpc) is 3.13. The highest BCUT2D eigenvalue weighted by Gasteiger charge is 2.28. The Morgan fingerprint density at radius 3 is 2.32 bits per heavy atom. The van der Waals surface area contributed by atoms with Gasteiger partial charge in [-0.05, 0) is 17.0 Å². The molecule has 2 aromatic rings. The maximum absolute atomic E-state index is 12.4. The number of carboxylic acid groups (broad SMARTS) is 1. The Balaban J connectivity index is 2.03. The molecule has 0 fully saturated rings. The zero-order chi connectivity index (χ0) is 18.4. The highest BCUT2D eigenvalue weighted by Crippen LogP contribution is 2.12. The molecule has 0 aliphatic carbocycles. The summed E-state index contributed by atoms with van der Waals surface area (Å²) in [5.74, 6) is -1.76. The van der Waals surface area contributed by atoms with E-state index in [0.29, 0.717) is 4.88 Å². The Kier molecular flexibility index (Phi) is 6.30. The number of hydrogen-bond acceptors (Lipinski definition) is 4. The van der Waals surface area contributed by atoms with Crippen LogP contribution in [0.25, 0.3) is 0 Å². The molecule has 1 unspecified atom stereocenters. The number of aliphatic carboxylic acids is 1. The topological polar surface area (TPSA) is 77.9 Å². The number of thiophene rings is 1. The number of amides is 2. The van der Waals surface area contributed by atoms with Crippen molar-refractivity contribution in [1.29, 1.82) is 0 Å². The van der Waals surface area contributed by atoms with E-state index in [0.717, 1.165) is 5.56 Å². The summed E-state index contributed by atoms with van der Waals surface area (Å²) in [6.45, 7) is -0.175. The second kappa shape index (κ2) is 8.43. The van der Waals surface area contributed by atoms with Gasteiger partial charge in [0.05, 0.1) is 11.4 Å². The molecule has 1 aromatic heterocycles. The van der Waals surface area contributed by atoms with E-state index < -0.39 is 17.9 Å². The fourth-order valence-electron chi connectivity index (χ4n) is 2.38. The van der Waals surface area contributed by atoms with Gasteiger partial charge in [-0.3, -0.25) is 9.59 Å². The van der Waals surface area contributed by atoms with Crippen molar-refractivity contribution in [2.75, 3.05) is 20.6 Å². The Hall–Kier alpha value is -2.67. The van der Waals surface area contributed by atoms with E-state index >= 15 is 0 Å². The van der Waals surface area contributed by atoms with E-state index in [1.165, 1.54) is 35.2 Å². The summed E-state index contributed by atoms with van der Waals surface area (Å²) in [6, 6.07) is 11.6. The molecular formula is C18H20N2O4S. The third-order valence-corrected chi connectivity index (χ3v) is 4.73. The van der Waals surface area contributed by atoms with E-state index in [-0.39, 0.29) is 18.9 Å². The number of carbonyl (C=O) groups is 3.